The van der Waals surface area contributed by atoms with Crippen molar-refractivity contribution < 1.29 is 35.9 Å². The third-order valence-electron chi connectivity index (χ3n) is 5.07. The molecule has 30 heavy (non-hydrogen) atoms. The number of esters is 1. The first kappa shape index (κ1) is 24.0. The molecule has 2 unspecified atom stereocenters. The number of hydrogen-bond donors (Lipinski definition) is 1. The summed E-state index contributed by atoms with van der Waals surface area (Å²) < 4.78 is 89.9. The van der Waals surface area contributed by atoms with E-state index in [1.165, 1.54) is 33.8 Å². The minimum atomic E-state index is -5.05. The van der Waals surface area contributed by atoms with Gasteiger partial charge in [0.25, 0.3) is 0 Å². The van der Waals surface area contributed by atoms with Gasteiger partial charge in [-0.15, -0.1) is 0 Å². The summed E-state index contributed by atoms with van der Waals surface area (Å²) in [6.45, 7) is 5.74. The molecule has 1 aliphatic carbocycles. The van der Waals surface area contributed by atoms with Crippen LogP contribution in [0.25, 0.3) is 5.57 Å². The van der Waals surface area contributed by atoms with Crippen molar-refractivity contribution in [3.05, 3.63) is 51.6 Å². The summed E-state index contributed by atoms with van der Waals surface area (Å²) in [5.74, 6) is -5.62. The first-order chi connectivity index (χ1) is 13.8. The highest BCUT2D eigenvalue weighted by molar-refractivity contribution is 5.84. The van der Waals surface area contributed by atoms with E-state index in [1.54, 1.807) is 0 Å². The molecule has 3 nitrogen and oxygen atoms in total. The smallest absolute Gasteiger partial charge is 0.398 e. The fourth-order valence-electron chi connectivity index (χ4n) is 3.71. The number of allylic oxidation sites excluding steroid dienone is 3. The topological polar surface area (TPSA) is 52.3 Å². The van der Waals surface area contributed by atoms with Crippen LogP contribution in [-0.4, -0.2) is 31.0 Å². The van der Waals surface area contributed by atoms with Gasteiger partial charge in [-0.1, -0.05) is 12.1 Å². The SMILES string of the molecule is CCOC(=O)C[C@H](N)C1=C(F)C(c2c(C)cc(C)c(F)c2C)=CC(C(F)(F)F)C1F. The van der Waals surface area contributed by atoms with Crippen molar-refractivity contribution in [3.8, 4) is 0 Å². The molecular formula is C21H23F6NO2. The van der Waals surface area contributed by atoms with Crippen LogP contribution in [0, 0.1) is 32.5 Å². The molecular weight excluding hydrogens is 412 g/mol. The Bertz CT molecular complexity index is 904. The van der Waals surface area contributed by atoms with Crippen LogP contribution in [0.4, 0.5) is 26.3 Å². The highest BCUT2D eigenvalue weighted by Crippen LogP contribution is 2.46. The molecule has 0 heterocycles. The molecule has 1 aromatic carbocycles. The second kappa shape index (κ2) is 8.83. The Morgan fingerprint density at radius 1 is 1.20 bits per heavy atom. The molecule has 0 fully saturated rings. The van der Waals surface area contributed by atoms with Crippen molar-refractivity contribution in [2.45, 2.75) is 52.5 Å². The van der Waals surface area contributed by atoms with Crippen LogP contribution >= 0.6 is 0 Å². The van der Waals surface area contributed by atoms with Crippen molar-refractivity contribution >= 4 is 11.5 Å². The van der Waals surface area contributed by atoms with E-state index in [4.69, 9.17) is 5.73 Å². The molecule has 166 valence electrons. The summed E-state index contributed by atoms with van der Waals surface area (Å²) in [7, 11) is 0. The van der Waals surface area contributed by atoms with Gasteiger partial charge in [0, 0.05) is 17.2 Å². The fourth-order valence-corrected chi connectivity index (χ4v) is 3.71. The molecule has 2 N–H and O–H groups in total. The van der Waals surface area contributed by atoms with E-state index >= 15 is 4.39 Å². The zero-order valence-corrected chi connectivity index (χ0v) is 17.0. The average Bonchev–Trinajstić information content (AvgIpc) is 2.60. The first-order valence-corrected chi connectivity index (χ1v) is 9.31. The number of carbonyl (C=O) groups is 1. The lowest BCUT2D eigenvalue weighted by atomic mass is 9.79. The Morgan fingerprint density at radius 2 is 1.80 bits per heavy atom. The summed E-state index contributed by atoms with van der Waals surface area (Å²) in [4.78, 5) is 11.7. The average molecular weight is 435 g/mol. The summed E-state index contributed by atoms with van der Waals surface area (Å²) in [6, 6.07) is -0.308. The fraction of sp³-hybridized carbons (Fsp3) is 0.476. The van der Waals surface area contributed by atoms with Crippen LogP contribution in [0.3, 0.4) is 0 Å². The van der Waals surface area contributed by atoms with E-state index in [0.29, 0.717) is 11.6 Å². The quantitative estimate of drug-likeness (QED) is 0.513. The van der Waals surface area contributed by atoms with Crippen molar-refractivity contribution in [3.63, 3.8) is 0 Å². The number of ether oxygens (including phenoxy) is 1. The van der Waals surface area contributed by atoms with E-state index in [0.717, 1.165) is 0 Å². The van der Waals surface area contributed by atoms with Gasteiger partial charge in [0.2, 0.25) is 0 Å². The molecule has 0 aliphatic heterocycles. The van der Waals surface area contributed by atoms with E-state index in [2.05, 4.69) is 4.74 Å². The number of hydrogen-bond acceptors (Lipinski definition) is 3. The third-order valence-corrected chi connectivity index (χ3v) is 5.07. The van der Waals surface area contributed by atoms with Gasteiger partial charge in [-0.25, -0.2) is 13.2 Å². The van der Waals surface area contributed by atoms with Crippen molar-refractivity contribution in [1.82, 2.24) is 0 Å². The molecule has 3 atom stereocenters. The van der Waals surface area contributed by atoms with Crippen LogP contribution in [0.2, 0.25) is 0 Å². The third kappa shape index (κ3) is 4.55. The van der Waals surface area contributed by atoms with Gasteiger partial charge in [-0.3, -0.25) is 4.79 Å². The second-order valence-corrected chi connectivity index (χ2v) is 7.26. The maximum absolute atomic E-state index is 15.3. The predicted octanol–water partition coefficient (Wildman–Crippen LogP) is 5.17. The monoisotopic (exact) mass is 435 g/mol. The number of halogens is 6. The minimum Gasteiger partial charge on any atom is -0.466 e. The van der Waals surface area contributed by atoms with Gasteiger partial charge in [0.15, 0.2) is 0 Å². The highest BCUT2D eigenvalue weighted by atomic mass is 19.4. The zero-order valence-electron chi connectivity index (χ0n) is 17.0. The molecule has 0 aromatic heterocycles. The number of nitrogens with two attached hydrogens (primary N) is 1. The van der Waals surface area contributed by atoms with Crippen LogP contribution in [0.15, 0.2) is 23.5 Å². The minimum absolute atomic E-state index is 0.0243. The molecule has 0 amide bonds. The van der Waals surface area contributed by atoms with E-state index < -0.39 is 59.5 Å². The maximum atomic E-state index is 15.3. The summed E-state index contributed by atoms with van der Waals surface area (Å²) in [6.07, 6.45) is -8.15. The predicted molar refractivity (Wildman–Crippen MR) is 100 cm³/mol. The van der Waals surface area contributed by atoms with Gasteiger partial charge in [0.05, 0.1) is 13.0 Å². The van der Waals surface area contributed by atoms with Gasteiger partial charge in [-0.2, -0.15) is 13.2 Å². The van der Waals surface area contributed by atoms with Gasteiger partial charge in [-0.05, 0) is 49.9 Å². The molecule has 2 rings (SSSR count). The normalized spacial score (nSPS) is 20.8. The van der Waals surface area contributed by atoms with Crippen LogP contribution in [0.1, 0.15) is 35.6 Å². The Balaban J connectivity index is 2.70. The van der Waals surface area contributed by atoms with Crippen LogP contribution < -0.4 is 5.73 Å². The molecule has 1 aliphatic rings. The van der Waals surface area contributed by atoms with E-state index in [1.807, 2.05) is 0 Å². The van der Waals surface area contributed by atoms with Crippen LogP contribution in [0.5, 0.6) is 0 Å². The second-order valence-electron chi connectivity index (χ2n) is 7.26. The lowest BCUT2D eigenvalue weighted by Gasteiger charge is -2.32. The number of aryl methyl sites for hydroxylation is 2. The number of carbonyl (C=O) groups excluding carboxylic acids is 1. The lowest BCUT2D eigenvalue weighted by molar-refractivity contribution is -0.173. The zero-order chi connectivity index (χ0) is 23.0. The largest absolute Gasteiger partial charge is 0.466 e. The van der Waals surface area contributed by atoms with Crippen molar-refractivity contribution in [1.29, 1.82) is 0 Å². The summed E-state index contributed by atoms with van der Waals surface area (Å²) >= 11 is 0. The van der Waals surface area contributed by atoms with Gasteiger partial charge >= 0.3 is 12.1 Å². The number of rotatable bonds is 5. The number of alkyl halides is 4. The van der Waals surface area contributed by atoms with Crippen molar-refractivity contribution in [2.24, 2.45) is 11.7 Å². The van der Waals surface area contributed by atoms with Gasteiger partial charge < -0.3 is 10.5 Å². The Hall–Kier alpha value is -2.29. The Morgan fingerprint density at radius 3 is 2.33 bits per heavy atom. The molecule has 9 heteroatoms. The van der Waals surface area contributed by atoms with E-state index in [9.17, 15) is 26.7 Å². The highest BCUT2D eigenvalue weighted by Gasteiger charge is 2.50. The summed E-state index contributed by atoms with van der Waals surface area (Å²) in [5.41, 5.74) is 4.56. The first-order valence-electron chi connectivity index (χ1n) is 9.31. The molecule has 1 aromatic rings. The standard InChI is InChI=1S/C21H23F6NO2/c1-5-30-15(29)8-14(28)17-19(23)12(7-13(20(17)24)21(25,26)27)16-9(2)6-10(3)18(22)11(16)4/h6-7,13-14,20H,5,8,28H2,1-4H3/t13?,14-,20?/m0/s1. The maximum Gasteiger partial charge on any atom is 0.398 e. The molecule has 0 bridgehead atoms. The lowest BCUT2D eigenvalue weighted by Crippen LogP contribution is -2.41. The van der Waals surface area contributed by atoms with Crippen LogP contribution in [-0.2, 0) is 9.53 Å². The number of benzene rings is 1. The Kier molecular flexibility index (Phi) is 7.06. The molecule has 0 spiro atoms. The van der Waals surface area contributed by atoms with Gasteiger partial charge in [0.1, 0.15) is 23.7 Å². The molecule has 0 saturated heterocycles. The molecule has 0 radical (unpaired) electrons. The van der Waals surface area contributed by atoms with Crippen molar-refractivity contribution in [2.75, 3.05) is 6.61 Å². The Labute approximate surface area is 170 Å². The van der Waals surface area contributed by atoms with E-state index in [-0.39, 0.29) is 23.3 Å². The summed E-state index contributed by atoms with van der Waals surface area (Å²) in [5, 5.41) is 0. The molecule has 0 saturated carbocycles.